The number of carbonyl (C=O) groups excluding carboxylic acids is 1. The fourth-order valence-corrected chi connectivity index (χ4v) is 1.57. The van der Waals surface area contributed by atoms with Crippen molar-refractivity contribution in [1.29, 1.82) is 0 Å². The van der Waals surface area contributed by atoms with Crippen LogP contribution in [0.2, 0.25) is 0 Å². The van der Waals surface area contributed by atoms with Gasteiger partial charge in [-0.2, -0.15) is 0 Å². The van der Waals surface area contributed by atoms with Gasteiger partial charge in [-0.25, -0.2) is 4.39 Å². The second kappa shape index (κ2) is 3.88. The van der Waals surface area contributed by atoms with Crippen molar-refractivity contribution in [2.45, 2.75) is 18.9 Å². The molecule has 1 fully saturated rings. The Morgan fingerprint density at radius 2 is 2.00 bits per heavy atom. The normalized spacial score (nSPS) is 22.4. The zero-order valence-electron chi connectivity index (χ0n) is 7.70. The fourth-order valence-electron chi connectivity index (χ4n) is 1.57. The lowest BCUT2D eigenvalue weighted by molar-refractivity contribution is -0.128. The number of rotatable bonds is 1. The van der Waals surface area contributed by atoms with Crippen molar-refractivity contribution in [2.24, 2.45) is 0 Å². The molecule has 1 unspecified atom stereocenters. The van der Waals surface area contributed by atoms with Gasteiger partial charge in [0.25, 0.3) is 0 Å². The van der Waals surface area contributed by atoms with E-state index in [2.05, 4.69) is 0 Å². The molecule has 0 bridgehead atoms. The molecular formula is C11H11FO2. The summed E-state index contributed by atoms with van der Waals surface area (Å²) in [5, 5.41) is 0. The number of ketones is 1. The number of hydrogen-bond donors (Lipinski definition) is 0. The van der Waals surface area contributed by atoms with E-state index in [1.807, 2.05) is 0 Å². The van der Waals surface area contributed by atoms with Crippen LogP contribution in [0.15, 0.2) is 24.3 Å². The Morgan fingerprint density at radius 3 is 2.64 bits per heavy atom. The van der Waals surface area contributed by atoms with E-state index in [0.717, 1.165) is 5.56 Å². The number of halogens is 1. The fraction of sp³-hybridized carbons (Fsp3) is 0.364. The predicted octanol–water partition coefficient (Wildman–Crippen LogP) is 2.25. The van der Waals surface area contributed by atoms with Gasteiger partial charge < -0.3 is 4.74 Å². The first-order chi connectivity index (χ1) is 6.75. The first-order valence-electron chi connectivity index (χ1n) is 4.64. The lowest BCUT2D eigenvalue weighted by Gasteiger charge is -2.21. The Bertz CT molecular complexity index is 332. The average Bonchev–Trinajstić information content (AvgIpc) is 2.19. The zero-order chi connectivity index (χ0) is 9.97. The van der Waals surface area contributed by atoms with Crippen LogP contribution in [-0.2, 0) is 9.53 Å². The topological polar surface area (TPSA) is 26.3 Å². The summed E-state index contributed by atoms with van der Waals surface area (Å²) in [4.78, 5) is 11.2. The Labute approximate surface area is 81.7 Å². The molecule has 1 saturated heterocycles. The lowest BCUT2D eigenvalue weighted by Crippen LogP contribution is -2.19. The van der Waals surface area contributed by atoms with Gasteiger partial charge in [0.15, 0.2) is 0 Å². The zero-order valence-corrected chi connectivity index (χ0v) is 7.70. The molecule has 1 aliphatic heterocycles. The maximum atomic E-state index is 12.6. The van der Waals surface area contributed by atoms with Gasteiger partial charge in [-0.3, -0.25) is 4.79 Å². The van der Waals surface area contributed by atoms with Gasteiger partial charge in [-0.1, -0.05) is 12.1 Å². The van der Waals surface area contributed by atoms with Crippen molar-refractivity contribution in [3.05, 3.63) is 35.6 Å². The molecule has 14 heavy (non-hydrogen) atoms. The molecule has 0 amide bonds. The molecule has 1 aromatic rings. The summed E-state index contributed by atoms with van der Waals surface area (Å²) in [5.41, 5.74) is 0.874. The third-order valence-corrected chi connectivity index (χ3v) is 2.35. The van der Waals surface area contributed by atoms with Gasteiger partial charge in [0.2, 0.25) is 0 Å². The third kappa shape index (κ3) is 1.99. The molecule has 0 aliphatic carbocycles. The van der Waals surface area contributed by atoms with Gasteiger partial charge in [-0.05, 0) is 17.7 Å². The summed E-state index contributed by atoms with van der Waals surface area (Å²) in [7, 11) is 0. The van der Waals surface area contributed by atoms with E-state index in [1.54, 1.807) is 12.1 Å². The van der Waals surface area contributed by atoms with Gasteiger partial charge in [0.05, 0.1) is 12.7 Å². The quantitative estimate of drug-likeness (QED) is 0.685. The smallest absolute Gasteiger partial charge is 0.138 e. The summed E-state index contributed by atoms with van der Waals surface area (Å²) in [6.07, 6.45) is 0.723. The van der Waals surface area contributed by atoms with Crippen LogP contribution in [0.4, 0.5) is 4.39 Å². The molecule has 1 atom stereocenters. The van der Waals surface area contributed by atoms with Gasteiger partial charge in [0, 0.05) is 12.8 Å². The highest BCUT2D eigenvalue weighted by Gasteiger charge is 2.21. The molecule has 2 nitrogen and oxygen atoms in total. The summed E-state index contributed by atoms with van der Waals surface area (Å²) >= 11 is 0. The Balaban J connectivity index is 2.14. The van der Waals surface area contributed by atoms with Crippen LogP contribution in [0.3, 0.4) is 0 Å². The molecule has 0 aromatic heterocycles. The van der Waals surface area contributed by atoms with Crippen molar-refractivity contribution in [3.63, 3.8) is 0 Å². The average molecular weight is 194 g/mol. The van der Waals surface area contributed by atoms with Crippen molar-refractivity contribution in [2.75, 3.05) is 6.61 Å². The predicted molar refractivity (Wildman–Crippen MR) is 49.3 cm³/mol. The Morgan fingerprint density at radius 1 is 1.29 bits per heavy atom. The van der Waals surface area contributed by atoms with Crippen molar-refractivity contribution >= 4 is 5.78 Å². The third-order valence-electron chi connectivity index (χ3n) is 2.35. The Kier molecular flexibility index (Phi) is 2.59. The van der Waals surface area contributed by atoms with Crippen LogP contribution in [0.1, 0.15) is 24.5 Å². The van der Waals surface area contributed by atoms with E-state index < -0.39 is 0 Å². The van der Waals surface area contributed by atoms with E-state index in [1.165, 1.54) is 12.1 Å². The second-order valence-electron chi connectivity index (χ2n) is 3.40. The highest BCUT2D eigenvalue weighted by molar-refractivity contribution is 5.79. The minimum absolute atomic E-state index is 0.183. The largest absolute Gasteiger partial charge is 0.373 e. The standard InChI is InChI=1S/C11H11FO2/c12-9-3-1-8(2-4-9)11-7-10(13)5-6-14-11/h1-4,11H,5-7H2. The summed E-state index contributed by atoms with van der Waals surface area (Å²) < 4.78 is 18.1. The van der Waals surface area contributed by atoms with Crippen molar-refractivity contribution in [3.8, 4) is 0 Å². The summed E-state index contributed by atoms with van der Waals surface area (Å²) in [6.45, 7) is 0.473. The van der Waals surface area contributed by atoms with Crippen molar-refractivity contribution in [1.82, 2.24) is 0 Å². The first kappa shape index (κ1) is 9.34. The van der Waals surface area contributed by atoms with Gasteiger partial charge in [0.1, 0.15) is 11.6 Å². The van der Waals surface area contributed by atoms with E-state index in [0.29, 0.717) is 19.4 Å². The van der Waals surface area contributed by atoms with Gasteiger partial charge >= 0.3 is 0 Å². The van der Waals surface area contributed by atoms with E-state index in [9.17, 15) is 9.18 Å². The van der Waals surface area contributed by atoms with Crippen LogP contribution in [0, 0.1) is 5.82 Å². The lowest BCUT2D eigenvalue weighted by atomic mass is 10.0. The second-order valence-corrected chi connectivity index (χ2v) is 3.40. The highest BCUT2D eigenvalue weighted by atomic mass is 19.1. The van der Waals surface area contributed by atoms with Crippen LogP contribution in [0.25, 0.3) is 0 Å². The first-order valence-corrected chi connectivity index (χ1v) is 4.64. The molecule has 1 aromatic carbocycles. The van der Waals surface area contributed by atoms with Crippen LogP contribution in [-0.4, -0.2) is 12.4 Å². The minimum Gasteiger partial charge on any atom is -0.373 e. The molecule has 74 valence electrons. The van der Waals surface area contributed by atoms with Crippen LogP contribution >= 0.6 is 0 Å². The van der Waals surface area contributed by atoms with Crippen LogP contribution in [0.5, 0.6) is 0 Å². The molecule has 0 N–H and O–H groups in total. The SMILES string of the molecule is O=C1CCOC(c2ccc(F)cc2)C1. The summed E-state index contributed by atoms with van der Waals surface area (Å²) in [6, 6.07) is 6.10. The van der Waals surface area contributed by atoms with E-state index in [4.69, 9.17) is 4.74 Å². The molecular weight excluding hydrogens is 183 g/mol. The molecule has 0 radical (unpaired) electrons. The highest BCUT2D eigenvalue weighted by Crippen LogP contribution is 2.25. The number of hydrogen-bond acceptors (Lipinski definition) is 2. The number of carbonyl (C=O) groups is 1. The number of Topliss-reactive ketones (excluding diaryl/α,β-unsaturated/α-hetero) is 1. The van der Waals surface area contributed by atoms with Crippen LogP contribution < -0.4 is 0 Å². The molecule has 0 saturated carbocycles. The van der Waals surface area contributed by atoms with Crippen molar-refractivity contribution < 1.29 is 13.9 Å². The summed E-state index contributed by atoms with van der Waals surface area (Å²) in [5.74, 6) is -0.0542. The maximum absolute atomic E-state index is 12.6. The van der Waals surface area contributed by atoms with Gasteiger partial charge in [-0.15, -0.1) is 0 Å². The molecule has 1 heterocycles. The minimum atomic E-state index is -0.268. The number of ether oxygens (including phenoxy) is 1. The maximum Gasteiger partial charge on any atom is 0.138 e. The number of benzene rings is 1. The van der Waals surface area contributed by atoms with E-state index in [-0.39, 0.29) is 17.7 Å². The monoisotopic (exact) mass is 194 g/mol. The molecule has 1 aliphatic rings. The molecule has 3 heteroatoms. The molecule has 0 spiro atoms. The molecule has 2 rings (SSSR count). The van der Waals surface area contributed by atoms with E-state index >= 15 is 0 Å². The Hall–Kier alpha value is -1.22.